The van der Waals surface area contributed by atoms with Crippen molar-refractivity contribution in [3.8, 4) is 0 Å². The number of hydrogen-bond donors (Lipinski definition) is 1. The first kappa shape index (κ1) is 22.7. The highest BCUT2D eigenvalue weighted by Gasteiger charge is 2.22. The molecule has 0 spiro atoms. The summed E-state index contributed by atoms with van der Waals surface area (Å²) in [6, 6.07) is 10.4. The average Bonchev–Trinajstić information content (AvgIpc) is 3.26. The van der Waals surface area contributed by atoms with E-state index in [1.165, 1.54) is 11.5 Å². The van der Waals surface area contributed by atoms with Crippen molar-refractivity contribution in [3.05, 3.63) is 47.9 Å². The lowest BCUT2D eigenvalue weighted by atomic mass is 10.1. The van der Waals surface area contributed by atoms with Crippen LogP contribution in [-0.2, 0) is 13.0 Å². The number of piperazine rings is 1. The Kier molecular flexibility index (Phi) is 8.20. The van der Waals surface area contributed by atoms with Crippen molar-refractivity contribution in [1.82, 2.24) is 24.6 Å². The molecule has 1 saturated heterocycles. The number of hydrogen-bond acceptors (Lipinski definition) is 6. The Balaban J connectivity index is 0.00000256. The van der Waals surface area contributed by atoms with Crippen molar-refractivity contribution >= 4 is 57.5 Å². The van der Waals surface area contributed by atoms with E-state index < -0.39 is 0 Å². The number of para-hydroxylation sites is 1. The first-order valence-electron chi connectivity index (χ1n) is 10.2. The molecule has 1 aromatic carbocycles. The van der Waals surface area contributed by atoms with Crippen molar-refractivity contribution in [2.24, 2.45) is 4.99 Å². The third-order valence-corrected chi connectivity index (χ3v) is 5.89. The minimum absolute atomic E-state index is 0. The number of benzene rings is 1. The molecule has 3 aromatic rings. The highest BCUT2D eigenvalue weighted by molar-refractivity contribution is 14.0. The molecule has 1 fully saturated rings. The molecule has 0 unspecified atom stereocenters. The third kappa shape index (κ3) is 5.18. The SMILES string of the molecule is CCNC(=NCc1cccc2cccnc12)N1CCN(c2nc(CC)ns2)CC1.I. The number of nitrogens with one attached hydrogen (secondary N) is 1. The maximum Gasteiger partial charge on any atom is 0.205 e. The molecule has 0 aliphatic carbocycles. The fourth-order valence-electron chi connectivity index (χ4n) is 3.51. The van der Waals surface area contributed by atoms with Crippen LogP contribution in [0.3, 0.4) is 0 Å². The molecule has 0 bridgehead atoms. The van der Waals surface area contributed by atoms with E-state index in [1.807, 2.05) is 12.3 Å². The topological polar surface area (TPSA) is 69.5 Å². The highest BCUT2D eigenvalue weighted by atomic mass is 127. The normalized spacial score (nSPS) is 14.7. The maximum atomic E-state index is 4.92. The fourth-order valence-corrected chi connectivity index (χ4v) is 4.31. The van der Waals surface area contributed by atoms with Gasteiger partial charge in [-0.1, -0.05) is 31.2 Å². The van der Waals surface area contributed by atoms with Gasteiger partial charge in [-0.05, 0) is 18.6 Å². The molecule has 9 heteroatoms. The van der Waals surface area contributed by atoms with Crippen LogP contribution in [0.1, 0.15) is 25.2 Å². The van der Waals surface area contributed by atoms with Crippen LogP contribution in [0, 0.1) is 0 Å². The van der Waals surface area contributed by atoms with Gasteiger partial charge in [0.15, 0.2) is 5.96 Å². The lowest BCUT2D eigenvalue weighted by Crippen LogP contribution is -2.52. The van der Waals surface area contributed by atoms with Gasteiger partial charge in [-0.2, -0.15) is 4.37 Å². The quantitative estimate of drug-likeness (QED) is 0.305. The maximum absolute atomic E-state index is 4.92. The number of pyridine rings is 1. The zero-order valence-electron chi connectivity index (χ0n) is 17.4. The lowest BCUT2D eigenvalue weighted by molar-refractivity contribution is 0.372. The van der Waals surface area contributed by atoms with Gasteiger partial charge in [0.1, 0.15) is 5.82 Å². The summed E-state index contributed by atoms with van der Waals surface area (Å²) in [7, 11) is 0. The van der Waals surface area contributed by atoms with E-state index in [2.05, 4.69) is 67.6 Å². The summed E-state index contributed by atoms with van der Waals surface area (Å²) in [4.78, 5) is 18.8. The molecule has 7 nitrogen and oxygen atoms in total. The van der Waals surface area contributed by atoms with Gasteiger partial charge in [-0.25, -0.2) is 9.98 Å². The molecule has 1 aliphatic rings. The van der Waals surface area contributed by atoms with Gasteiger partial charge in [-0.15, -0.1) is 24.0 Å². The molecule has 1 aliphatic heterocycles. The van der Waals surface area contributed by atoms with Crippen LogP contribution in [0.15, 0.2) is 41.5 Å². The van der Waals surface area contributed by atoms with Crippen molar-refractivity contribution in [2.75, 3.05) is 37.6 Å². The monoisotopic (exact) mass is 537 g/mol. The Hall–Kier alpha value is -2.01. The second kappa shape index (κ2) is 10.9. The van der Waals surface area contributed by atoms with Crippen LogP contribution in [0.5, 0.6) is 0 Å². The molecule has 1 N–H and O–H groups in total. The minimum atomic E-state index is 0. The summed E-state index contributed by atoms with van der Waals surface area (Å²) in [5.41, 5.74) is 2.18. The Labute approximate surface area is 198 Å². The van der Waals surface area contributed by atoms with Crippen LogP contribution >= 0.6 is 35.5 Å². The number of anilines is 1. The van der Waals surface area contributed by atoms with E-state index >= 15 is 0 Å². The Morgan fingerprint density at radius 3 is 2.67 bits per heavy atom. The van der Waals surface area contributed by atoms with Crippen LogP contribution in [0.2, 0.25) is 0 Å². The van der Waals surface area contributed by atoms with Crippen molar-refractivity contribution < 1.29 is 0 Å². The molecule has 3 heterocycles. The number of guanidine groups is 1. The highest BCUT2D eigenvalue weighted by Crippen LogP contribution is 2.20. The molecular formula is C21H28IN7S. The third-order valence-electron chi connectivity index (χ3n) is 5.07. The van der Waals surface area contributed by atoms with Gasteiger partial charge in [0.2, 0.25) is 5.13 Å². The van der Waals surface area contributed by atoms with Crippen LogP contribution in [-0.4, -0.2) is 57.9 Å². The van der Waals surface area contributed by atoms with E-state index in [9.17, 15) is 0 Å². The number of rotatable bonds is 5. The van der Waals surface area contributed by atoms with E-state index in [0.717, 1.165) is 72.5 Å². The largest absolute Gasteiger partial charge is 0.357 e. The first-order chi connectivity index (χ1) is 14.3. The predicted molar refractivity (Wildman–Crippen MR) is 135 cm³/mol. The Bertz CT molecular complexity index is 977. The van der Waals surface area contributed by atoms with Crippen molar-refractivity contribution in [3.63, 3.8) is 0 Å². The van der Waals surface area contributed by atoms with Gasteiger partial charge < -0.3 is 15.1 Å². The molecular weight excluding hydrogens is 509 g/mol. The minimum Gasteiger partial charge on any atom is -0.357 e. The average molecular weight is 537 g/mol. The first-order valence-corrected chi connectivity index (χ1v) is 11.0. The molecule has 30 heavy (non-hydrogen) atoms. The van der Waals surface area contributed by atoms with E-state index in [1.54, 1.807) is 0 Å². The number of aryl methyl sites for hydroxylation is 1. The van der Waals surface area contributed by atoms with Gasteiger partial charge >= 0.3 is 0 Å². The number of aromatic nitrogens is 3. The van der Waals surface area contributed by atoms with Crippen molar-refractivity contribution in [1.29, 1.82) is 0 Å². The summed E-state index contributed by atoms with van der Waals surface area (Å²) >= 11 is 1.50. The molecule has 4 rings (SSSR count). The van der Waals surface area contributed by atoms with Crippen LogP contribution in [0.25, 0.3) is 10.9 Å². The zero-order chi connectivity index (χ0) is 20.1. The van der Waals surface area contributed by atoms with E-state index in [4.69, 9.17) is 4.99 Å². The van der Waals surface area contributed by atoms with E-state index in [-0.39, 0.29) is 24.0 Å². The predicted octanol–water partition coefficient (Wildman–Crippen LogP) is 3.55. The van der Waals surface area contributed by atoms with E-state index in [0.29, 0.717) is 6.54 Å². The number of nitrogens with zero attached hydrogens (tertiary/aromatic N) is 6. The van der Waals surface area contributed by atoms with Gasteiger partial charge in [0.05, 0.1) is 12.1 Å². The lowest BCUT2D eigenvalue weighted by Gasteiger charge is -2.36. The summed E-state index contributed by atoms with van der Waals surface area (Å²) in [5, 5.41) is 5.64. The van der Waals surface area contributed by atoms with Gasteiger partial charge in [-0.3, -0.25) is 4.98 Å². The zero-order valence-corrected chi connectivity index (χ0v) is 20.6. The smallest absolute Gasteiger partial charge is 0.205 e. The number of aliphatic imine (C=N–C) groups is 1. The summed E-state index contributed by atoms with van der Waals surface area (Å²) in [5.74, 6) is 1.90. The summed E-state index contributed by atoms with van der Waals surface area (Å²) < 4.78 is 4.41. The second-order valence-electron chi connectivity index (χ2n) is 6.98. The van der Waals surface area contributed by atoms with Crippen molar-refractivity contribution in [2.45, 2.75) is 26.8 Å². The molecule has 0 saturated carbocycles. The molecule has 0 radical (unpaired) electrons. The fraction of sp³-hybridized carbons (Fsp3) is 0.429. The molecule has 2 aromatic heterocycles. The standard InChI is InChI=1S/C21H27N7S.HI/c1-3-18-25-21(29-26-18)28-13-11-27(12-14-28)20(22-4-2)24-15-17-8-5-7-16-9-6-10-23-19(16)17;/h5-10H,3-4,11-15H2,1-2H3,(H,22,24);1H. The van der Waals surface area contributed by atoms with Crippen LogP contribution < -0.4 is 10.2 Å². The Morgan fingerprint density at radius 2 is 1.93 bits per heavy atom. The summed E-state index contributed by atoms with van der Waals surface area (Å²) in [6.45, 7) is 9.36. The van der Waals surface area contributed by atoms with Crippen LogP contribution in [0.4, 0.5) is 5.13 Å². The molecule has 0 atom stereocenters. The number of halogens is 1. The number of fused-ring (bicyclic) bond motifs is 1. The second-order valence-corrected chi connectivity index (χ2v) is 7.71. The van der Waals surface area contributed by atoms with Gasteiger partial charge in [0, 0.05) is 62.3 Å². The molecule has 160 valence electrons. The summed E-state index contributed by atoms with van der Waals surface area (Å²) in [6.07, 6.45) is 2.73. The Morgan fingerprint density at radius 1 is 1.13 bits per heavy atom. The van der Waals surface area contributed by atoms with Gasteiger partial charge in [0.25, 0.3) is 0 Å². The molecule has 0 amide bonds.